The van der Waals surface area contributed by atoms with E-state index in [1.54, 1.807) is 6.92 Å². The third-order valence-corrected chi connectivity index (χ3v) is 5.39. The second-order valence-corrected chi connectivity index (χ2v) is 7.60. The van der Waals surface area contributed by atoms with Gasteiger partial charge in [0.2, 0.25) is 0 Å². The van der Waals surface area contributed by atoms with Crippen molar-refractivity contribution in [2.45, 2.75) is 31.3 Å². The predicted molar refractivity (Wildman–Crippen MR) is 67.8 cm³/mol. The lowest BCUT2D eigenvalue weighted by atomic mass is 10.2. The van der Waals surface area contributed by atoms with Crippen LogP contribution in [-0.2, 0) is 16.0 Å². The maximum atomic E-state index is 12.5. The largest absolute Gasteiger partial charge is 0.443 e. The van der Waals surface area contributed by atoms with Crippen molar-refractivity contribution in [3.05, 3.63) is 16.1 Å². The third-order valence-electron chi connectivity index (χ3n) is 2.64. The molecule has 2 unspecified atom stereocenters. The van der Waals surface area contributed by atoms with Crippen molar-refractivity contribution in [3.8, 4) is 0 Å². The highest BCUT2D eigenvalue weighted by molar-refractivity contribution is 7.91. The molecule has 0 saturated carbocycles. The molecule has 1 heterocycles. The SMILES string of the molecule is CCNC(c1cnc(C(F)(F)F)s1)C(C)S(C)(=O)=O. The molecule has 0 amide bonds. The summed E-state index contributed by atoms with van der Waals surface area (Å²) in [5.74, 6) is 0. The molecule has 0 fully saturated rings. The molecule has 0 aliphatic rings. The summed E-state index contributed by atoms with van der Waals surface area (Å²) >= 11 is 0.469. The maximum Gasteiger partial charge on any atom is 0.443 e. The number of nitrogens with one attached hydrogen (secondary N) is 1. The first-order chi connectivity index (χ1) is 8.57. The van der Waals surface area contributed by atoms with E-state index in [1.807, 2.05) is 0 Å². The van der Waals surface area contributed by atoms with Crippen LogP contribution in [0.25, 0.3) is 0 Å². The molecule has 1 aromatic rings. The monoisotopic (exact) mass is 316 g/mol. The van der Waals surface area contributed by atoms with Crippen molar-refractivity contribution in [2.24, 2.45) is 0 Å². The summed E-state index contributed by atoms with van der Waals surface area (Å²) in [6.45, 7) is 3.67. The normalized spacial score (nSPS) is 16.3. The number of nitrogens with zero attached hydrogens (tertiary/aromatic N) is 1. The van der Waals surface area contributed by atoms with E-state index in [0.29, 0.717) is 17.9 Å². The Labute approximate surface area is 114 Å². The highest BCUT2D eigenvalue weighted by Crippen LogP contribution is 2.35. The molecule has 0 aliphatic carbocycles. The third kappa shape index (κ3) is 4.15. The average molecular weight is 316 g/mol. The fraction of sp³-hybridized carbons (Fsp3) is 0.700. The standard InChI is InChI=1S/C10H15F3N2O2S2/c1-4-14-8(6(2)19(3,16)17)7-5-15-9(18-7)10(11,12)13/h5-6,8,14H,4H2,1-3H3. The maximum absolute atomic E-state index is 12.5. The number of hydrogen-bond acceptors (Lipinski definition) is 5. The van der Waals surface area contributed by atoms with Crippen LogP contribution in [0.3, 0.4) is 0 Å². The first-order valence-corrected chi connectivity index (χ1v) is 8.29. The molecule has 0 aliphatic heterocycles. The van der Waals surface area contributed by atoms with Gasteiger partial charge in [0, 0.05) is 17.3 Å². The molecule has 2 atom stereocenters. The van der Waals surface area contributed by atoms with Crippen LogP contribution in [0.1, 0.15) is 29.8 Å². The van der Waals surface area contributed by atoms with Crippen molar-refractivity contribution in [2.75, 3.05) is 12.8 Å². The van der Waals surface area contributed by atoms with E-state index in [4.69, 9.17) is 0 Å². The van der Waals surface area contributed by atoms with Gasteiger partial charge in [-0.25, -0.2) is 13.4 Å². The van der Waals surface area contributed by atoms with Gasteiger partial charge in [0.1, 0.15) is 0 Å². The van der Waals surface area contributed by atoms with E-state index in [2.05, 4.69) is 10.3 Å². The Bertz CT molecular complexity index is 525. The summed E-state index contributed by atoms with van der Waals surface area (Å²) in [7, 11) is -3.36. The van der Waals surface area contributed by atoms with Crippen LogP contribution in [0, 0.1) is 0 Å². The van der Waals surface area contributed by atoms with Crippen molar-refractivity contribution in [3.63, 3.8) is 0 Å². The summed E-state index contributed by atoms with van der Waals surface area (Å²) in [6.07, 6.45) is -2.36. The van der Waals surface area contributed by atoms with Crippen LogP contribution in [-0.4, -0.2) is 31.5 Å². The number of hydrogen-bond donors (Lipinski definition) is 1. The molecule has 1 rings (SSSR count). The molecule has 0 radical (unpaired) electrons. The number of halogens is 3. The topological polar surface area (TPSA) is 59.1 Å². The van der Waals surface area contributed by atoms with Gasteiger partial charge < -0.3 is 5.32 Å². The van der Waals surface area contributed by atoms with E-state index in [9.17, 15) is 21.6 Å². The fourth-order valence-corrected chi connectivity index (χ4v) is 3.31. The zero-order valence-electron chi connectivity index (χ0n) is 10.7. The minimum atomic E-state index is -4.51. The van der Waals surface area contributed by atoms with Crippen molar-refractivity contribution in [1.29, 1.82) is 0 Å². The van der Waals surface area contributed by atoms with Gasteiger partial charge in [-0.2, -0.15) is 13.2 Å². The quantitative estimate of drug-likeness (QED) is 0.905. The summed E-state index contributed by atoms with van der Waals surface area (Å²) in [6, 6.07) is -0.686. The second kappa shape index (κ2) is 5.76. The van der Waals surface area contributed by atoms with Crippen LogP contribution in [0.15, 0.2) is 6.20 Å². The Morgan fingerprint density at radius 2 is 2.05 bits per heavy atom. The molecule has 0 bridgehead atoms. The van der Waals surface area contributed by atoms with E-state index < -0.39 is 32.3 Å². The first kappa shape index (κ1) is 16.4. The minimum Gasteiger partial charge on any atom is -0.308 e. The Morgan fingerprint density at radius 1 is 1.47 bits per heavy atom. The molecular formula is C10H15F3N2O2S2. The molecule has 19 heavy (non-hydrogen) atoms. The molecule has 4 nitrogen and oxygen atoms in total. The fourth-order valence-electron chi connectivity index (χ4n) is 1.53. The van der Waals surface area contributed by atoms with Gasteiger partial charge in [-0.05, 0) is 13.5 Å². The molecule has 0 saturated heterocycles. The lowest BCUT2D eigenvalue weighted by Gasteiger charge is -2.21. The van der Waals surface area contributed by atoms with Crippen LogP contribution in [0.2, 0.25) is 0 Å². The van der Waals surface area contributed by atoms with Crippen molar-refractivity contribution < 1.29 is 21.6 Å². The Morgan fingerprint density at radius 3 is 2.42 bits per heavy atom. The van der Waals surface area contributed by atoms with Gasteiger partial charge >= 0.3 is 6.18 Å². The van der Waals surface area contributed by atoms with Crippen LogP contribution in [0.4, 0.5) is 13.2 Å². The minimum absolute atomic E-state index is 0.270. The summed E-state index contributed by atoms with van der Waals surface area (Å²) in [4.78, 5) is 3.58. The Balaban J connectivity index is 3.10. The van der Waals surface area contributed by atoms with Gasteiger partial charge in [0.15, 0.2) is 14.8 Å². The van der Waals surface area contributed by atoms with Gasteiger partial charge in [-0.3, -0.25) is 0 Å². The number of sulfone groups is 1. The Hall–Kier alpha value is -0.670. The van der Waals surface area contributed by atoms with Gasteiger partial charge in [0.05, 0.1) is 11.3 Å². The van der Waals surface area contributed by atoms with Crippen LogP contribution in [0.5, 0.6) is 0 Å². The van der Waals surface area contributed by atoms with Gasteiger partial charge in [0.25, 0.3) is 0 Å². The smallest absolute Gasteiger partial charge is 0.308 e. The number of alkyl halides is 3. The predicted octanol–water partition coefficient (Wildman–Crippen LogP) is 2.25. The van der Waals surface area contributed by atoms with E-state index >= 15 is 0 Å². The lowest BCUT2D eigenvalue weighted by molar-refractivity contribution is -0.137. The van der Waals surface area contributed by atoms with E-state index in [0.717, 1.165) is 12.5 Å². The summed E-state index contributed by atoms with van der Waals surface area (Å²) < 4.78 is 60.6. The zero-order chi connectivity index (χ0) is 14.8. The molecule has 1 N–H and O–H groups in total. The summed E-state index contributed by atoms with van der Waals surface area (Å²) in [5.41, 5.74) is 0. The zero-order valence-corrected chi connectivity index (χ0v) is 12.3. The highest BCUT2D eigenvalue weighted by atomic mass is 32.2. The van der Waals surface area contributed by atoms with Crippen LogP contribution >= 0.6 is 11.3 Å². The molecule has 1 aromatic heterocycles. The van der Waals surface area contributed by atoms with Gasteiger partial charge in [-0.15, -0.1) is 11.3 Å². The lowest BCUT2D eigenvalue weighted by Crippen LogP contribution is -2.34. The average Bonchev–Trinajstić information content (AvgIpc) is 2.72. The molecule has 0 spiro atoms. The van der Waals surface area contributed by atoms with E-state index in [1.165, 1.54) is 6.92 Å². The Kier molecular flexibility index (Phi) is 4.97. The molecule has 0 aromatic carbocycles. The van der Waals surface area contributed by atoms with E-state index in [-0.39, 0.29) is 4.88 Å². The summed E-state index contributed by atoms with van der Waals surface area (Å²) in [5, 5.41) is 1.10. The number of thiazole rings is 1. The van der Waals surface area contributed by atoms with Gasteiger partial charge in [-0.1, -0.05) is 6.92 Å². The molecule has 110 valence electrons. The van der Waals surface area contributed by atoms with Crippen LogP contribution < -0.4 is 5.32 Å². The number of aromatic nitrogens is 1. The highest BCUT2D eigenvalue weighted by Gasteiger charge is 2.36. The molecule has 9 heteroatoms. The van der Waals surface area contributed by atoms with Crippen molar-refractivity contribution >= 4 is 21.2 Å². The molecular weight excluding hydrogens is 301 g/mol. The second-order valence-electron chi connectivity index (χ2n) is 4.14. The first-order valence-electron chi connectivity index (χ1n) is 5.52. The number of rotatable bonds is 5. The van der Waals surface area contributed by atoms with Crippen molar-refractivity contribution in [1.82, 2.24) is 10.3 Å².